The maximum Gasteiger partial charge on any atom is 0.302 e. The highest BCUT2D eigenvalue weighted by molar-refractivity contribution is 5.75. The minimum absolute atomic E-state index is 0.0677. The maximum atomic E-state index is 10.5. The molecule has 3 nitrogen and oxygen atoms in total. The molecular weight excluding hydrogens is 156 g/mol. The Morgan fingerprint density at radius 2 is 1.92 bits per heavy atom. The predicted molar refractivity (Wildman–Crippen MR) is 45.8 cm³/mol. The Labute approximate surface area is 73.1 Å². The second-order valence-corrected chi connectivity index (χ2v) is 3.01. The molecule has 0 rings (SSSR count). The summed E-state index contributed by atoms with van der Waals surface area (Å²) in [6.07, 6.45) is 2.07. The molecule has 0 aromatic rings. The highest BCUT2D eigenvalue weighted by atomic mass is 16.5. The molecule has 0 aromatic carbocycles. The number of ether oxygens (including phenoxy) is 1. The van der Waals surface area contributed by atoms with E-state index in [0.717, 1.165) is 12.8 Å². The number of hydrogen-bond donors (Lipinski definition) is 0. The molecule has 0 aromatic heterocycles. The summed E-state index contributed by atoms with van der Waals surface area (Å²) < 4.78 is 4.88. The monoisotopic (exact) mass is 172 g/mol. The van der Waals surface area contributed by atoms with Gasteiger partial charge in [0.15, 0.2) is 0 Å². The van der Waals surface area contributed by atoms with E-state index in [1.54, 1.807) is 6.92 Å². The molecule has 0 aliphatic heterocycles. The Hall–Kier alpha value is -0.860. The van der Waals surface area contributed by atoms with E-state index in [4.69, 9.17) is 4.74 Å². The Bertz CT molecular complexity index is 163. The minimum Gasteiger partial charge on any atom is -0.463 e. The van der Waals surface area contributed by atoms with Crippen molar-refractivity contribution in [1.82, 2.24) is 0 Å². The van der Waals surface area contributed by atoms with Crippen LogP contribution >= 0.6 is 0 Å². The van der Waals surface area contributed by atoms with Gasteiger partial charge in [-0.2, -0.15) is 0 Å². The van der Waals surface area contributed by atoms with Crippen molar-refractivity contribution in [3.8, 4) is 0 Å². The number of ketones is 1. The average molecular weight is 172 g/mol. The van der Waals surface area contributed by atoms with Crippen molar-refractivity contribution >= 4 is 11.8 Å². The van der Waals surface area contributed by atoms with Gasteiger partial charge in [-0.1, -0.05) is 0 Å². The largest absolute Gasteiger partial charge is 0.463 e. The van der Waals surface area contributed by atoms with E-state index in [1.807, 2.05) is 6.92 Å². The number of esters is 1. The number of carbonyl (C=O) groups excluding carboxylic acids is 2. The molecular formula is C9H16O3. The van der Waals surface area contributed by atoms with Crippen LogP contribution in [-0.2, 0) is 14.3 Å². The SMILES string of the molecule is CC(=O)CCCC(C)OC(C)=O. The number of Topliss-reactive ketones (excluding diaryl/α,β-unsaturated/α-hetero) is 1. The van der Waals surface area contributed by atoms with Gasteiger partial charge >= 0.3 is 5.97 Å². The summed E-state index contributed by atoms with van der Waals surface area (Å²) in [5.41, 5.74) is 0. The fraction of sp³-hybridized carbons (Fsp3) is 0.778. The molecule has 0 bridgehead atoms. The van der Waals surface area contributed by atoms with Crippen LogP contribution in [0.25, 0.3) is 0 Å². The molecule has 0 radical (unpaired) electrons. The molecule has 0 saturated heterocycles. The molecule has 0 heterocycles. The molecule has 0 N–H and O–H groups in total. The standard InChI is InChI=1S/C9H16O3/c1-7(10)5-4-6-8(2)12-9(3)11/h8H,4-6H2,1-3H3. The van der Waals surface area contributed by atoms with Crippen LogP contribution in [0.2, 0.25) is 0 Å². The van der Waals surface area contributed by atoms with E-state index in [1.165, 1.54) is 6.92 Å². The molecule has 12 heavy (non-hydrogen) atoms. The summed E-state index contributed by atoms with van der Waals surface area (Å²) in [4.78, 5) is 21.0. The highest BCUT2D eigenvalue weighted by Crippen LogP contribution is 2.04. The third-order valence-corrected chi connectivity index (χ3v) is 1.51. The molecule has 0 aliphatic rings. The van der Waals surface area contributed by atoms with Crippen molar-refractivity contribution in [3.63, 3.8) is 0 Å². The smallest absolute Gasteiger partial charge is 0.302 e. The second-order valence-electron chi connectivity index (χ2n) is 3.01. The first kappa shape index (κ1) is 11.1. The summed E-state index contributed by atoms with van der Waals surface area (Å²) >= 11 is 0. The van der Waals surface area contributed by atoms with Gasteiger partial charge in [0.2, 0.25) is 0 Å². The van der Waals surface area contributed by atoms with Crippen molar-refractivity contribution in [2.45, 2.75) is 46.1 Å². The van der Waals surface area contributed by atoms with E-state index >= 15 is 0 Å². The van der Waals surface area contributed by atoms with Crippen molar-refractivity contribution in [1.29, 1.82) is 0 Å². The van der Waals surface area contributed by atoms with Gasteiger partial charge in [0.1, 0.15) is 5.78 Å². The van der Waals surface area contributed by atoms with Gasteiger partial charge in [-0.15, -0.1) is 0 Å². The topological polar surface area (TPSA) is 43.4 Å². The van der Waals surface area contributed by atoms with Crippen molar-refractivity contribution in [3.05, 3.63) is 0 Å². The zero-order valence-corrected chi connectivity index (χ0v) is 7.92. The van der Waals surface area contributed by atoms with E-state index in [2.05, 4.69) is 0 Å². The number of rotatable bonds is 5. The summed E-state index contributed by atoms with van der Waals surface area (Å²) in [7, 11) is 0. The Balaban J connectivity index is 3.37. The quantitative estimate of drug-likeness (QED) is 0.593. The van der Waals surface area contributed by atoms with Gasteiger partial charge in [-0.3, -0.25) is 4.79 Å². The molecule has 0 saturated carbocycles. The lowest BCUT2D eigenvalue weighted by Crippen LogP contribution is -2.12. The van der Waals surface area contributed by atoms with Gasteiger partial charge in [-0.25, -0.2) is 0 Å². The van der Waals surface area contributed by atoms with Gasteiger partial charge in [0.05, 0.1) is 6.10 Å². The molecule has 70 valence electrons. The van der Waals surface area contributed by atoms with Crippen LogP contribution < -0.4 is 0 Å². The maximum absolute atomic E-state index is 10.5. The van der Waals surface area contributed by atoms with E-state index < -0.39 is 0 Å². The average Bonchev–Trinajstić information content (AvgIpc) is 1.84. The molecule has 0 amide bonds. The van der Waals surface area contributed by atoms with Crippen molar-refractivity contribution < 1.29 is 14.3 Å². The first-order chi connectivity index (χ1) is 5.52. The molecule has 0 aliphatic carbocycles. The van der Waals surface area contributed by atoms with E-state index in [0.29, 0.717) is 6.42 Å². The minimum atomic E-state index is -0.259. The summed E-state index contributed by atoms with van der Waals surface area (Å²) in [5.74, 6) is -0.0737. The molecule has 0 fully saturated rings. The molecule has 3 heteroatoms. The lowest BCUT2D eigenvalue weighted by atomic mass is 10.1. The normalized spacial score (nSPS) is 12.2. The van der Waals surface area contributed by atoms with Crippen LogP contribution in [0.1, 0.15) is 40.0 Å². The van der Waals surface area contributed by atoms with Crippen LogP contribution in [0, 0.1) is 0 Å². The fourth-order valence-electron chi connectivity index (χ4n) is 0.981. The van der Waals surface area contributed by atoms with Crippen LogP contribution in [0.4, 0.5) is 0 Å². The highest BCUT2D eigenvalue weighted by Gasteiger charge is 2.04. The van der Waals surface area contributed by atoms with Gasteiger partial charge in [-0.05, 0) is 26.7 Å². The second kappa shape index (κ2) is 5.75. The van der Waals surface area contributed by atoms with Crippen molar-refractivity contribution in [2.24, 2.45) is 0 Å². The predicted octanol–water partition coefficient (Wildman–Crippen LogP) is 1.70. The van der Waals surface area contributed by atoms with Gasteiger partial charge < -0.3 is 9.53 Å². The van der Waals surface area contributed by atoms with E-state index in [-0.39, 0.29) is 17.9 Å². The number of carbonyl (C=O) groups is 2. The third-order valence-electron chi connectivity index (χ3n) is 1.51. The van der Waals surface area contributed by atoms with Gasteiger partial charge in [0.25, 0.3) is 0 Å². The zero-order valence-electron chi connectivity index (χ0n) is 7.92. The van der Waals surface area contributed by atoms with Crippen LogP contribution in [-0.4, -0.2) is 17.9 Å². The molecule has 1 unspecified atom stereocenters. The van der Waals surface area contributed by atoms with E-state index in [9.17, 15) is 9.59 Å². The summed E-state index contributed by atoms with van der Waals surface area (Å²) in [6.45, 7) is 4.79. The zero-order chi connectivity index (χ0) is 9.56. The van der Waals surface area contributed by atoms with Crippen LogP contribution in [0.3, 0.4) is 0 Å². The molecule has 1 atom stereocenters. The summed E-state index contributed by atoms with van der Waals surface area (Å²) in [6, 6.07) is 0. The lowest BCUT2D eigenvalue weighted by molar-refractivity contribution is -0.145. The first-order valence-corrected chi connectivity index (χ1v) is 4.19. The first-order valence-electron chi connectivity index (χ1n) is 4.19. The Morgan fingerprint density at radius 3 is 2.33 bits per heavy atom. The third kappa shape index (κ3) is 7.25. The summed E-state index contributed by atoms with van der Waals surface area (Å²) in [5, 5.41) is 0. The van der Waals surface area contributed by atoms with Crippen LogP contribution in [0.5, 0.6) is 0 Å². The number of hydrogen-bond acceptors (Lipinski definition) is 3. The molecule has 0 spiro atoms. The van der Waals surface area contributed by atoms with Gasteiger partial charge in [0, 0.05) is 13.3 Å². The Kier molecular flexibility index (Phi) is 5.34. The fourth-order valence-corrected chi connectivity index (χ4v) is 0.981. The lowest BCUT2D eigenvalue weighted by Gasteiger charge is -2.10. The Morgan fingerprint density at radius 1 is 1.33 bits per heavy atom. The van der Waals surface area contributed by atoms with Crippen LogP contribution in [0.15, 0.2) is 0 Å². The van der Waals surface area contributed by atoms with Crippen molar-refractivity contribution in [2.75, 3.05) is 0 Å².